The van der Waals surface area contributed by atoms with Gasteiger partial charge in [-0.1, -0.05) is 30.3 Å². The van der Waals surface area contributed by atoms with E-state index in [9.17, 15) is 9.59 Å². The van der Waals surface area contributed by atoms with Crippen molar-refractivity contribution < 1.29 is 14.3 Å². The summed E-state index contributed by atoms with van der Waals surface area (Å²) in [6.45, 7) is 3.40. The lowest BCUT2D eigenvalue weighted by molar-refractivity contribution is -0.140. The van der Waals surface area contributed by atoms with E-state index >= 15 is 0 Å². The molecule has 1 unspecified atom stereocenters. The molecule has 0 spiro atoms. The Labute approximate surface area is 131 Å². The Kier molecular flexibility index (Phi) is 5.95. The Morgan fingerprint density at radius 1 is 1.27 bits per heavy atom. The molecule has 0 N–H and O–H groups in total. The molecular weight excluding hydrogens is 280 g/mol. The van der Waals surface area contributed by atoms with Crippen molar-refractivity contribution in [1.82, 2.24) is 9.80 Å². The number of rotatable bonds is 6. The van der Waals surface area contributed by atoms with Gasteiger partial charge < -0.3 is 14.5 Å². The molecule has 2 amide bonds. The first-order chi connectivity index (χ1) is 10.6. The molecule has 1 aromatic rings. The van der Waals surface area contributed by atoms with Crippen LogP contribution in [0.1, 0.15) is 25.3 Å². The summed E-state index contributed by atoms with van der Waals surface area (Å²) in [7, 11) is 1.76. The van der Waals surface area contributed by atoms with Crippen molar-refractivity contribution in [3.8, 4) is 0 Å². The van der Waals surface area contributed by atoms with Gasteiger partial charge in [-0.15, -0.1) is 0 Å². The van der Waals surface area contributed by atoms with Gasteiger partial charge in [-0.3, -0.25) is 9.59 Å². The van der Waals surface area contributed by atoms with E-state index in [-0.39, 0.29) is 24.5 Å². The van der Waals surface area contributed by atoms with Crippen LogP contribution in [-0.2, 0) is 20.9 Å². The fourth-order valence-corrected chi connectivity index (χ4v) is 2.57. The minimum absolute atomic E-state index is 0.0583. The van der Waals surface area contributed by atoms with Gasteiger partial charge in [-0.25, -0.2) is 0 Å². The number of benzene rings is 1. The second kappa shape index (κ2) is 7.94. The molecule has 1 fully saturated rings. The van der Waals surface area contributed by atoms with Crippen LogP contribution in [0.5, 0.6) is 0 Å². The van der Waals surface area contributed by atoms with Crippen LogP contribution in [0.15, 0.2) is 30.3 Å². The van der Waals surface area contributed by atoms with Gasteiger partial charge >= 0.3 is 0 Å². The molecule has 1 atom stereocenters. The monoisotopic (exact) mass is 304 g/mol. The number of carbonyl (C=O) groups excluding carboxylic acids is 2. The highest BCUT2D eigenvalue weighted by atomic mass is 16.5. The zero-order valence-electron chi connectivity index (χ0n) is 13.3. The van der Waals surface area contributed by atoms with Gasteiger partial charge in [0.05, 0.1) is 12.6 Å². The van der Waals surface area contributed by atoms with E-state index in [1.165, 1.54) is 6.92 Å². The van der Waals surface area contributed by atoms with E-state index in [4.69, 9.17) is 4.74 Å². The van der Waals surface area contributed by atoms with Gasteiger partial charge in [0, 0.05) is 33.7 Å². The highest BCUT2D eigenvalue weighted by molar-refractivity contribution is 5.83. The second-order valence-corrected chi connectivity index (χ2v) is 5.77. The van der Waals surface area contributed by atoms with E-state index in [0.717, 1.165) is 25.0 Å². The van der Waals surface area contributed by atoms with Crippen molar-refractivity contribution in [3.63, 3.8) is 0 Å². The number of nitrogens with zero attached hydrogens (tertiary/aromatic N) is 2. The molecule has 1 heterocycles. The standard InChI is InChI=1S/C17H24N2O3/c1-14(20)19(12-16-9-6-10-22-16)13-17(21)18(2)11-15-7-4-3-5-8-15/h3-5,7-8,16H,6,9-13H2,1-2H3. The molecule has 5 nitrogen and oxygen atoms in total. The van der Waals surface area contributed by atoms with Gasteiger partial charge in [-0.05, 0) is 18.4 Å². The third kappa shape index (κ3) is 4.84. The van der Waals surface area contributed by atoms with Gasteiger partial charge in [-0.2, -0.15) is 0 Å². The Balaban J connectivity index is 1.88. The Bertz CT molecular complexity index is 498. The van der Waals surface area contributed by atoms with Crippen molar-refractivity contribution >= 4 is 11.8 Å². The first-order valence-corrected chi connectivity index (χ1v) is 7.71. The molecule has 1 aliphatic rings. The molecule has 0 bridgehead atoms. The number of hydrogen-bond acceptors (Lipinski definition) is 3. The van der Waals surface area contributed by atoms with Crippen LogP contribution in [0.3, 0.4) is 0 Å². The summed E-state index contributed by atoms with van der Waals surface area (Å²) in [5.41, 5.74) is 1.08. The quantitative estimate of drug-likeness (QED) is 0.803. The largest absolute Gasteiger partial charge is 0.376 e. The Morgan fingerprint density at radius 3 is 2.59 bits per heavy atom. The molecule has 1 aliphatic heterocycles. The molecule has 5 heteroatoms. The van der Waals surface area contributed by atoms with E-state index in [2.05, 4.69) is 0 Å². The van der Waals surface area contributed by atoms with Crippen LogP contribution in [-0.4, -0.2) is 54.5 Å². The van der Waals surface area contributed by atoms with E-state index in [1.807, 2.05) is 30.3 Å². The summed E-state index contributed by atoms with van der Waals surface area (Å²) in [6, 6.07) is 9.82. The topological polar surface area (TPSA) is 49.9 Å². The van der Waals surface area contributed by atoms with Crippen LogP contribution in [0.25, 0.3) is 0 Å². The molecule has 2 rings (SSSR count). The van der Waals surface area contributed by atoms with Crippen molar-refractivity contribution in [3.05, 3.63) is 35.9 Å². The average Bonchev–Trinajstić information content (AvgIpc) is 3.00. The maximum absolute atomic E-state index is 12.3. The minimum atomic E-state index is -0.0861. The molecule has 120 valence electrons. The SMILES string of the molecule is CC(=O)N(CC(=O)N(C)Cc1ccccc1)CC1CCCO1. The predicted molar refractivity (Wildman–Crippen MR) is 84.1 cm³/mol. The number of likely N-dealkylation sites (N-methyl/N-ethyl adjacent to an activating group) is 1. The van der Waals surface area contributed by atoms with Crippen molar-refractivity contribution in [2.75, 3.05) is 26.7 Å². The molecule has 22 heavy (non-hydrogen) atoms. The Hall–Kier alpha value is -1.88. The lowest BCUT2D eigenvalue weighted by Crippen LogP contribution is -2.43. The summed E-state index contributed by atoms with van der Waals surface area (Å²) < 4.78 is 5.55. The third-order valence-electron chi connectivity index (χ3n) is 3.91. The lowest BCUT2D eigenvalue weighted by Gasteiger charge is -2.26. The number of amides is 2. The van der Waals surface area contributed by atoms with Gasteiger partial charge in [0.2, 0.25) is 11.8 Å². The fraction of sp³-hybridized carbons (Fsp3) is 0.529. The summed E-state index contributed by atoms with van der Waals surface area (Å²) in [6.07, 6.45) is 2.05. The van der Waals surface area contributed by atoms with Gasteiger partial charge in [0.25, 0.3) is 0 Å². The summed E-state index contributed by atoms with van der Waals surface area (Å²) in [5, 5.41) is 0. The van der Waals surface area contributed by atoms with E-state index in [0.29, 0.717) is 13.1 Å². The summed E-state index contributed by atoms with van der Waals surface area (Å²) in [5.74, 6) is -0.144. The summed E-state index contributed by atoms with van der Waals surface area (Å²) in [4.78, 5) is 27.3. The minimum Gasteiger partial charge on any atom is -0.376 e. The van der Waals surface area contributed by atoms with Crippen LogP contribution >= 0.6 is 0 Å². The van der Waals surface area contributed by atoms with Gasteiger partial charge in [0.1, 0.15) is 0 Å². The molecule has 0 aromatic heterocycles. The molecular formula is C17H24N2O3. The normalized spacial score (nSPS) is 17.3. The molecule has 0 radical (unpaired) electrons. The zero-order chi connectivity index (χ0) is 15.9. The molecule has 0 saturated carbocycles. The molecule has 1 aromatic carbocycles. The highest BCUT2D eigenvalue weighted by Crippen LogP contribution is 2.13. The van der Waals surface area contributed by atoms with Crippen molar-refractivity contribution in [1.29, 1.82) is 0 Å². The number of carbonyl (C=O) groups is 2. The zero-order valence-corrected chi connectivity index (χ0v) is 13.3. The maximum atomic E-state index is 12.3. The number of ether oxygens (including phenoxy) is 1. The van der Waals surface area contributed by atoms with Crippen molar-refractivity contribution in [2.24, 2.45) is 0 Å². The van der Waals surface area contributed by atoms with Gasteiger partial charge in [0.15, 0.2) is 0 Å². The third-order valence-corrected chi connectivity index (χ3v) is 3.91. The highest BCUT2D eigenvalue weighted by Gasteiger charge is 2.23. The molecule has 0 aliphatic carbocycles. The van der Waals surface area contributed by atoms with Crippen LogP contribution in [0.2, 0.25) is 0 Å². The van der Waals surface area contributed by atoms with Crippen molar-refractivity contribution in [2.45, 2.75) is 32.4 Å². The first kappa shape index (κ1) is 16.5. The van der Waals surface area contributed by atoms with Crippen LogP contribution in [0.4, 0.5) is 0 Å². The smallest absolute Gasteiger partial charge is 0.242 e. The Morgan fingerprint density at radius 2 is 2.00 bits per heavy atom. The van der Waals surface area contributed by atoms with E-state index in [1.54, 1.807) is 16.8 Å². The fourth-order valence-electron chi connectivity index (χ4n) is 2.57. The van der Waals surface area contributed by atoms with Crippen LogP contribution in [0, 0.1) is 0 Å². The maximum Gasteiger partial charge on any atom is 0.242 e. The van der Waals surface area contributed by atoms with E-state index < -0.39 is 0 Å². The molecule has 1 saturated heterocycles. The van der Waals surface area contributed by atoms with Crippen LogP contribution < -0.4 is 0 Å². The lowest BCUT2D eigenvalue weighted by atomic mass is 10.2. The second-order valence-electron chi connectivity index (χ2n) is 5.77. The number of hydrogen-bond donors (Lipinski definition) is 0. The first-order valence-electron chi connectivity index (χ1n) is 7.71. The average molecular weight is 304 g/mol. The summed E-state index contributed by atoms with van der Waals surface area (Å²) >= 11 is 0. The predicted octanol–water partition coefficient (Wildman–Crippen LogP) is 1.67.